The van der Waals surface area contributed by atoms with Gasteiger partial charge in [0.15, 0.2) is 0 Å². The van der Waals surface area contributed by atoms with Crippen molar-refractivity contribution in [2.45, 2.75) is 26.7 Å². The van der Waals surface area contributed by atoms with E-state index in [1.54, 1.807) is 4.90 Å². The molecule has 1 saturated heterocycles. The predicted molar refractivity (Wildman–Crippen MR) is 82.0 cm³/mol. The maximum Gasteiger partial charge on any atom is 0.290 e. The van der Waals surface area contributed by atoms with E-state index in [2.05, 4.69) is 13.8 Å². The van der Waals surface area contributed by atoms with Gasteiger partial charge in [-0.3, -0.25) is 14.9 Å². The van der Waals surface area contributed by atoms with Gasteiger partial charge in [0.2, 0.25) is 0 Å². The SMILES string of the molecule is CC1(C)CCN(C(=O)c2cc(Cl)c(Cl)c([N+](=O)[O-])c2)CC1. The standard InChI is InChI=1S/C14H16Cl2N2O3/c1-14(2)3-5-17(6-4-14)13(19)9-7-10(15)12(16)11(8-9)18(20)21/h7-8H,3-6H2,1-2H3. The van der Waals surface area contributed by atoms with Gasteiger partial charge >= 0.3 is 0 Å². The van der Waals surface area contributed by atoms with E-state index >= 15 is 0 Å². The monoisotopic (exact) mass is 330 g/mol. The molecule has 1 aromatic carbocycles. The van der Waals surface area contributed by atoms with Crippen molar-refractivity contribution in [1.29, 1.82) is 0 Å². The van der Waals surface area contributed by atoms with E-state index < -0.39 is 4.92 Å². The van der Waals surface area contributed by atoms with E-state index in [-0.39, 0.29) is 32.6 Å². The van der Waals surface area contributed by atoms with Gasteiger partial charge in [-0.15, -0.1) is 0 Å². The van der Waals surface area contributed by atoms with Gasteiger partial charge in [-0.05, 0) is 24.3 Å². The smallest absolute Gasteiger partial charge is 0.290 e. The lowest BCUT2D eigenvalue weighted by molar-refractivity contribution is -0.384. The van der Waals surface area contributed by atoms with E-state index in [0.29, 0.717) is 13.1 Å². The Balaban J connectivity index is 2.26. The van der Waals surface area contributed by atoms with Crippen LogP contribution in [0.2, 0.25) is 10.0 Å². The lowest BCUT2D eigenvalue weighted by Crippen LogP contribution is -2.41. The Bertz CT molecular complexity index is 592. The van der Waals surface area contributed by atoms with Crippen molar-refractivity contribution < 1.29 is 9.72 Å². The molecule has 1 fully saturated rings. The Morgan fingerprint density at radius 3 is 2.38 bits per heavy atom. The van der Waals surface area contributed by atoms with Crippen LogP contribution in [0.3, 0.4) is 0 Å². The van der Waals surface area contributed by atoms with Crippen molar-refractivity contribution in [2.75, 3.05) is 13.1 Å². The van der Waals surface area contributed by atoms with Crippen LogP contribution >= 0.6 is 23.2 Å². The second-order valence-corrected chi connectivity index (χ2v) is 6.79. The van der Waals surface area contributed by atoms with Crippen molar-refractivity contribution in [3.8, 4) is 0 Å². The summed E-state index contributed by atoms with van der Waals surface area (Å²) < 4.78 is 0. The third-order valence-electron chi connectivity index (χ3n) is 3.86. The number of hydrogen-bond donors (Lipinski definition) is 0. The van der Waals surface area contributed by atoms with Crippen LogP contribution in [0.5, 0.6) is 0 Å². The van der Waals surface area contributed by atoms with E-state index in [1.165, 1.54) is 12.1 Å². The van der Waals surface area contributed by atoms with Crippen LogP contribution in [0.4, 0.5) is 5.69 Å². The first-order valence-corrected chi connectivity index (χ1v) is 7.39. The minimum absolute atomic E-state index is 0.0200. The molecule has 21 heavy (non-hydrogen) atoms. The maximum atomic E-state index is 12.5. The van der Waals surface area contributed by atoms with Gasteiger partial charge in [0.05, 0.1) is 9.95 Å². The van der Waals surface area contributed by atoms with Gasteiger partial charge in [0.25, 0.3) is 11.6 Å². The van der Waals surface area contributed by atoms with Gasteiger partial charge in [0, 0.05) is 24.7 Å². The van der Waals surface area contributed by atoms with Gasteiger partial charge < -0.3 is 4.90 Å². The van der Waals surface area contributed by atoms with Crippen molar-refractivity contribution >= 4 is 34.8 Å². The number of nitrogens with zero attached hydrogens (tertiary/aromatic N) is 2. The summed E-state index contributed by atoms with van der Waals surface area (Å²) in [4.78, 5) is 24.5. The molecule has 0 unspecified atom stereocenters. The van der Waals surface area contributed by atoms with Crippen LogP contribution < -0.4 is 0 Å². The van der Waals surface area contributed by atoms with E-state index in [0.717, 1.165) is 12.8 Å². The molecule has 0 aromatic heterocycles. The predicted octanol–water partition coefficient (Wildman–Crippen LogP) is 4.16. The van der Waals surface area contributed by atoms with Crippen LogP contribution in [-0.2, 0) is 0 Å². The Kier molecular flexibility index (Phi) is 4.44. The lowest BCUT2D eigenvalue weighted by atomic mass is 9.82. The van der Waals surface area contributed by atoms with Crippen LogP contribution in [0.1, 0.15) is 37.0 Å². The van der Waals surface area contributed by atoms with Crippen LogP contribution in [0.15, 0.2) is 12.1 Å². The maximum absolute atomic E-state index is 12.5. The number of carbonyl (C=O) groups excluding carboxylic acids is 1. The summed E-state index contributed by atoms with van der Waals surface area (Å²) in [6.07, 6.45) is 1.81. The second-order valence-electron chi connectivity index (χ2n) is 6.00. The Labute approximate surface area is 133 Å². The highest BCUT2D eigenvalue weighted by molar-refractivity contribution is 6.43. The topological polar surface area (TPSA) is 63.5 Å². The van der Waals surface area contributed by atoms with Crippen molar-refractivity contribution in [3.63, 3.8) is 0 Å². The first-order valence-electron chi connectivity index (χ1n) is 6.64. The lowest BCUT2D eigenvalue weighted by Gasteiger charge is -2.36. The fourth-order valence-electron chi connectivity index (χ4n) is 2.33. The highest BCUT2D eigenvalue weighted by Crippen LogP contribution is 2.35. The molecule has 0 bridgehead atoms. The molecular formula is C14H16Cl2N2O3. The number of hydrogen-bond acceptors (Lipinski definition) is 3. The minimum Gasteiger partial charge on any atom is -0.339 e. The molecule has 114 valence electrons. The average Bonchev–Trinajstić information content (AvgIpc) is 2.40. The van der Waals surface area contributed by atoms with Gasteiger partial charge in [-0.25, -0.2) is 0 Å². The van der Waals surface area contributed by atoms with Gasteiger partial charge in [-0.2, -0.15) is 0 Å². The van der Waals surface area contributed by atoms with Crippen molar-refractivity contribution in [3.05, 3.63) is 37.9 Å². The fourth-order valence-corrected chi connectivity index (χ4v) is 2.72. The molecule has 0 spiro atoms. The number of benzene rings is 1. The van der Waals surface area contributed by atoms with Crippen LogP contribution in [0, 0.1) is 15.5 Å². The third-order valence-corrected chi connectivity index (χ3v) is 4.65. The normalized spacial score (nSPS) is 17.6. The average molecular weight is 331 g/mol. The molecule has 2 rings (SSSR count). The highest BCUT2D eigenvalue weighted by Gasteiger charge is 2.29. The van der Waals surface area contributed by atoms with Crippen LogP contribution in [-0.4, -0.2) is 28.8 Å². The first kappa shape index (κ1) is 16.0. The van der Waals surface area contributed by atoms with E-state index in [4.69, 9.17) is 23.2 Å². The fraction of sp³-hybridized carbons (Fsp3) is 0.500. The van der Waals surface area contributed by atoms with E-state index in [9.17, 15) is 14.9 Å². The molecule has 5 nitrogen and oxygen atoms in total. The first-order chi connectivity index (χ1) is 9.71. The summed E-state index contributed by atoms with van der Waals surface area (Å²) in [6, 6.07) is 2.58. The summed E-state index contributed by atoms with van der Waals surface area (Å²) in [5.74, 6) is -0.243. The molecule has 1 amide bonds. The van der Waals surface area contributed by atoms with Crippen LogP contribution in [0.25, 0.3) is 0 Å². The number of amides is 1. The summed E-state index contributed by atoms with van der Waals surface area (Å²) >= 11 is 11.7. The zero-order valence-electron chi connectivity index (χ0n) is 11.9. The molecule has 0 atom stereocenters. The Morgan fingerprint density at radius 2 is 1.86 bits per heavy atom. The number of halogens is 2. The second kappa shape index (κ2) is 5.81. The quantitative estimate of drug-likeness (QED) is 0.604. The number of likely N-dealkylation sites (tertiary alicyclic amines) is 1. The summed E-state index contributed by atoms with van der Waals surface area (Å²) in [7, 11) is 0. The molecule has 1 heterocycles. The van der Waals surface area contributed by atoms with Gasteiger partial charge in [0.1, 0.15) is 5.02 Å². The van der Waals surface area contributed by atoms with Crippen molar-refractivity contribution in [1.82, 2.24) is 4.90 Å². The molecule has 1 aliphatic heterocycles. The Hall–Kier alpha value is -1.33. The number of nitro benzene ring substituents is 1. The number of rotatable bonds is 2. The number of piperidine rings is 1. The number of nitro groups is 1. The minimum atomic E-state index is -0.635. The zero-order valence-corrected chi connectivity index (χ0v) is 13.4. The summed E-state index contributed by atoms with van der Waals surface area (Å²) in [5, 5.41) is 10.8. The molecule has 1 aromatic rings. The molecule has 0 aliphatic carbocycles. The molecule has 0 N–H and O–H groups in total. The Morgan fingerprint density at radius 1 is 1.29 bits per heavy atom. The largest absolute Gasteiger partial charge is 0.339 e. The third kappa shape index (κ3) is 3.47. The molecule has 1 aliphatic rings. The van der Waals surface area contributed by atoms with Crippen molar-refractivity contribution in [2.24, 2.45) is 5.41 Å². The summed E-state index contributed by atoms with van der Waals surface area (Å²) in [6.45, 7) is 5.61. The molecule has 7 heteroatoms. The highest BCUT2D eigenvalue weighted by atomic mass is 35.5. The van der Waals surface area contributed by atoms with E-state index in [1.807, 2.05) is 0 Å². The number of carbonyl (C=O) groups is 1. The summed E-state index contributed by atoms with van der Waals surface area (Å²) in [5.41, 5.74) is 0.0844. The molecule has 0 saturated carbocycles. The molecular weight excluding hydrogens is 315 g/mol. The molecule has 0 radical (unpaired) electrons. The zero-order chi connectivity index (χ0) is 15.8. The van der Waals surface area contributed by atoms with Gasteiger partial charge in [-0.1, -0.05) is 37.0 Å².